The van der Waals surface area contributed by atoms with Gasteiger partial charge in [-0.2, -0.15) is 9.61 Å². The molecule has 0 spiro atoms. The minimum Gasteiger partial charge on any atom is -0.391 e. The second-order valence-electron chi connectivity index (χ2n) is 8.57. The quantitative estimate of drug-likeness (QED) is 0.448. The van der Waals surface area contributed by atoms with Crippen LogP contribution in [0.25, 0.3) is 5.65 Å². The van der Waals surface area contributed by atoms with Crippen LogP contribution in [-0.2, 0) is 0 Å². The van der Waals surface area contributed by atoms with Crippen molar-refractivity contribution in [2.45, 2.75) is 56.5 Å². The summed E-state index contributed by atoms with van der Waals surface area (Å²) in [5, 5.41) is 23.2. The fraction of sp³-hybridized carbons (Fsp3) is 0.455. The van der Waals surface area contributed by atoms with Gasteiger partial charge in [0.15, 0.2) is 5.65 Å². The summed E-state index contributed by atoms with van der Waals surface area (Å²) in [6.07, 6.45) is 4.83. The number of fused-ring (bicyclic) bond motifs is 1. The molecule has 2 unspecified atom stereocenters. The van der Waals surface area contributed by atoms with E-state index in [-0.39, 0.29) is 22.8 Å². The molecule has 3 heterocycles. The van der Waals surface area contributed by atoms with Crippen molar-refractivity contribution in [3.8, 4) is 0 Å². The first-order valence-electron chi connectivity index (χ1n) is 11.1. The van der Waals surface area contributed by atoms with Crippen molar-refractivity contribution in [2.75, 3.05) is 17.7 Å². The number of hydrogen-bond acceptors (Lipinski definition) is 7. The van der Waals surface area contributed by atoms with E-state index in [9.17, 15) is 19.1 Å². The number of carbonyl (C=O) groups is 1. The number of carbonyl (C=O) groups excluding carboxylic acids is 1. The van der Waals surface area contributed by atoms with Crippen molar-refractivity contribution in [1.82, 2.24) is 24.5 Å². The summed E-state index contributed by atoms with van der Waals surface area (Å²) in [6.45, 7) is 0. The molecule has 174 valence electrons. The lowest BCUT2D eigenvalue weighted by atomic mass is 9.90. The molecule has 3 aromatic heterocycles. The molecule has 0 saturated heterocycles. The highest BCUT2D eigenvalue weighted by Gasteiger charge is 2.33. The lowest BCUT2D eigenvalue weighted by molar-refractivity contribution is 0.0826. The maximum atomic E-state index is 13.6. The van der Waals surface area contributed by atoms with Gasteiger partial charge in [0, 0.05) is 19.3 Å². The number of halogens is 1. The van der Waals surface area contributed by atoms with Gasteiger partial charge in [-0.05, 0) is 44.2 Å². The van der Waals surface area contributed by atoms with Crippen molar-refractivity contribution < 1.29 is 14.3 Å². The molecule has 11 heteroatoms. The number of pyridine rings is 1. The molecule has 0 radical (unpaired) electrons. The fourth-order valence-electron chi connectivity index (χ4n) is 4.48. The van der Waals surface area contributed by atoms with Crippen LogP contribution in [0.15, 0.2) is 35.4 Å². The van der Waals surface area contributed by atoms with Crippen LogP contribution in [0.3, 0.4) is 0 Å². The second kappa shape index (κ2) is 8.47. The van der Waals surface area contributed by atoms with Crippen molar-refractivity contribution in [3.63, 3.8) is 0 Å². The van der Waals surface area contributed by atoms with Crippen LogP contribution in [0.2, 0.25) is 0 Å². The highest BCUT2D eigenvalue weighted by Crippen LogP contribution is 2.29. The zero-order valence-electron chi connectivity index (χ0n) is 18.2. The first-order chi connectivity index (χ1) is 16.0. The van der Waals surface area contributed by atoms with E-state index < -0.39 is 24.2 Å². The molecule has 2 aliphatic rings. The molecule has 0 aromatic carbocycles. The van der Waals surface area contributed by atoms with Crippen LogP contribution in [0, 0.1) is 0 Å². The molecule has 1 amide bonds. The molecule has 4 N–H and O–H groups in total. The summed E-state index contributed by atoms with van der Waals surface area (Å²) in [7, 11) is 1.71. The average molecular weight is 455 g/mol. The molecule has 0 aliphatic heterocycles. The number of rotatable bonds is 6. The van der Waals surface area contributed by atoms with Gasteiger partial charge in [0.25, 0.3) is 11.5 Å². The molecule has 10 nitrogen and oxygen atoms in total. The smallest absolute Gasteiger partial charge is 0.274 e. The van der Waals surface area contributed by atoms with Crippen LogP contribution in [0.5, 0.6) is 0 Å². The Kier molecular flexibility index (Phi) is 5.49. The second-order valence-corrected chi connectivity index (χ2v) is 8.57. The monoisotopic (exact) mass is 455 g/mol. The molecule has 2 aliphatic carbocycles. The van der Waals surface area contributed by atoms with E-state index in [0.29, 0.717) is 36.6 Å². The van der Waals surface area contributed by atoms with E-state index >= 15 is 0 Å². The number of nitrogens with one attached hydrogen (secondary N) is 3. The van der Waals surface area contributed by atoms with Gasteiger partial charge in [0.1, 0.15) is 29.1 Å². The number of amides is 1. The summed E-state index contributed by atoms with van der Waals surface area (Å²) < 4.78 is 16.6. The number of anilines is 3. The predicted octanol–water partition coefficient (Wildman–Crippen LogP) is 1.99. The topological polar surface area (TPSA) is 126 Å². The lowest BCUT2D eigenvalue weighted by Crippen LogP contribution is -2.48. The van der Waals surface area contributed by atoms with E-state index in [2.05, 4.69) is 26.0 Å². The number of hydrogen-bond donors (Lipinski definition) is 4. The van der Waals surface area contributed by atoms with Crippen LogP contribution < -0.4 is 21.5 Å². The number of aliphatic hydroxyl groups is 1. The number of alkyl halides is 1. The highest BCUT2D eigenvalue weighted by atomic mass is 19.1. The van der Waals surface area contributed by atoms with E-state index in [1.807, 2.05) is 0 Å². The van der Waals surface area contributed by atoms with Gasteiger partial charge in [0.05, 0.1) is 24.4 Å². The van der Waals surface area contributed by atoms with E-state index in [4.69, 9.17) is 0 Å². The molecule has 33 heavy (non-hydrogen) atoms. The number of aliphatic hydroxyl groups excluding tert-OH is 1. The van der Waals surface area contributed by atoms with E-state index in [1.165, 1.54) is 10.7 Å². The number of nitrogens with zero attached hydrogens (tertiary/aromatic N) is 4. The van der Waals surface area contributed by atoms with Gasteiger partial charge >= 0.3 is 0 Å². The Labute approximate surface area is 188 Å². The van der Waals surface area contributed by atoms with Crippen molar-refractivity contribution in [2.24, 2.45) is 0 Å². The molecule has 3 aromatic rings. The Balaban J connectivity index is 1.48. The fourth-order valence-corrected chi connectivity index (χ4v) is 4.48. The summed E-state index contributed by atoms with van der Waals surface area (Å²) in [6, 6.07) is 4.32. The zero-order valence-corrected chi connectivity index (χ0v) is 18.2. The third-order valence-corrected chi connectivity index (χ3v) is 6.52. The molecule has 0 bridgehead atoms. The minimum atomic E-state index is -1.03. The Morgan fingerprint density at radius 2 is 2.12 bits per heavy atom. The van der Waals surface area contributed by atoms with Gasteiger partial charge in [-0.25, -0.2) is 9.37 Å². The van der Waals surface area contributed by atoms with Crippen molar-refractivity contribution >= 4 is 28.9 Å². The van der Waals surface area contributed by atoms with Crippen LogP contribution >= 0.6 is 0 Å². The Bertz CT molecular complexity index is 1260. The van der Waals surface area contributed by atoms with Gasteiger partial charge in [-0.15, -0.1) is 0 Å². The summed E-state index contributed by atoms with van der Waals surface area (Å²) in [5.41, 5.74) is 0.533. The minimum absolute atomic E-state index is 0.216. The molecule has 5 rings (SSSR count). The summed E-state index contributed by atoms with van der Waals surface area (Å²) in [4.78, 5) is 30.3. The molecular formula is C22H26FN7O3. The third-order valence-electron chi connectivity index (χ3n) is 6.52. The standard InChI is InChI=1S/C22H26FN7O3/c1-24-19-10-18(26-15-4-3-9-29(22(15)33)16-5-2-6-17(16)31)28-20-12(11-25-30(19)20)21(32)27-14-8-7-13(14)23/h3-4,9-11,13-14,16-17,24,31H,2,5-8H2,1H3,(H,26,28)(H,27,32)/t13-,14?,16?,17-/m1/s1. The van der Waals surface area contributed by atoms with Gasteiger partial charge in [-0.3, -0.25) is 9.59 Å². The lowest BCUT2D eigenvalue weighted by Gasteiger charge is -2.30. The number of aromatic nitrogens is 4. The predicted molar refractivity (Wildman–Crippen MR) is 121 cm³/mol. The zero-order chi connectivity index (χ0) is 23.1. The first kappa shape index (κ1) is 21.4. The Hall–Kier alpha value is -3.47. The van der Waals surface area contributed by atoms with Crippen molar-refractivity contribution in [3.05, 3.63) is 46.5 Å². The Morgan fingerprint density at radius 1 is 1.27 bits per heavy atom. The van der Waals surface area contributed by atoms with Gasteiger partial charge in [0.2, 0.25) is 0 Å². The molecular weight excluding hydrogens is 429 g/mol. The largest absolute Gasteiger partial charge is 0.391 e. The van der Waals surface area contributed by atoms with Gasteiger partial charge in [-0.1, -0.05) is 0 Å². The summed E-state index contributed by atoms with van der Waals surface area (Å²) >= 11 is 0. The first-order valence-corrected chi connectivity index (χ1v) is 11.1. The van der Waals surface area contributed by atoms with Crippen LogP contribution in [-0.4, -0.2) is 55.5 Å². The molecule has 2 fully saturated rings. The van der Waals surface area contributed by atoms with E-state index in [1.54, 1.807) is 36.0 Å². The third kappa shape index (κ3) is 3.82. The molecule has 4 atom stereocenters. The Morgan fingerprint density at radius 3 is 2.79 bits per heavy atom. The average Bonchev–Trinajstić information content (AvgIpc) is 3.43. The van der Waals surface area contributed by atoms with E-state index in [0.717, 1.165) is 12.8 Å². The normalized spacial score (nSPS) is 24.5. The highest BCUT2D eigenvalue weighted by molar-refractivity contribution is 6.00. The maximum absolute atomic E-state index is 13.6. The van der Waals surface area contributed by atoms with Crippen LogP contribution in [0.4, 0.5) is 21.7 Å². The molecule has 2 saturated carbocycles. The maximum Gasteiger partial charge on any atom is 0.274 e. The summed E-state index contributed by atoms with van der Waals surface area (Å²) in [5.74, 6) is 0.451. The SMILES string of the molecule is CNc1cc(Nc2cccn(C3CCC[C@H]3O)c2=O)nc2c(C(=O)NC3CC[C@H]3F)cnn12. The van der Waals surface area contributed by atoms with Crippen LogP contribution in [0.1, 0.15) is 48.5 Å². The van der Waals surface area contributed by atoms with Crippen molar-refractivity contribution in [1.29, 1.82) is 0 Å². The van der Waals surface area contributed by atoms with Gasteiger partial charge < -0.3 is 25.6 Å².